The molecule has 9 nitrogen and oxygen atoms in total. The highest BCUT2D eigenvalue weighted by atomic mass is 32.1. The molecular formula is C20H21N3O6S. The third-order valence-electron chi connectivity index (χ3n) is 4.94. The largest absolute Gasteiger partial charge is 0.465 e. The van der Waals surface area contributed by atoms with Crippen molar-refractivity contribution in [1.82, 2.24) is 4.90 Å². The number of methoxy groups -OCH3 is 1. The number of esters is 1. The van der Waals surface area contributed by atoms with E-state index < -0.39 is 16.8 Å². The van der Waals surface area contributed by atoms with Crippen molar-refractivity contribution in [1.29, 1.82) is 0 Å². The number of nitrogens with zero attached hydrogens (tertiary/aromatic N) is 2. The molecule has 2 aromatic rings. The number of hydrogen-bond donors (Lipinski definition) is 1. The topological polar surface area (TPSA) is 119 Å². The average Bonchev–Trinajstić information content (AvgIpc) is 3.08. The van der Waals surface area contributed by atoms with Crippen molar-refractivity contribution in [3.63, 3.8) is 0 Å². The quantitative estimate of drug-likeness (QED) is 0.439. The summed E-state index contributed by atoms with van der Waals surface area (Å²) in [6.07, 6.45) is 2.95. The molecule has 0 atom stereocenters. The number of benzene rings is 1. The van der Waals surface area contributed by atoms with Crippen LogP contribution in [0.2, 0.25) is 0 Å². The van der Waals surface area contributed by atoms with E-state index in [1.807, 2.05) is 0 Å². The summed E-state index contributed by atoms with van der Waals surface area (Å²) in [5, 5.41) is 13.6. The van der Waals surface area contributed by atoms with Crippen LogP contribution in [-0.4, -0.2) is 47.8 Å². The van der Waals surface area contributed by atoms with Gasteiger partial charge < -0.3 is 15.0 Å². The van der Waals surface area contributed by atoms with E-state index in [1.165, 1.54) is 31.4 Å². The maximum absolute atomic E-state index is 13.0. The number of carbonyl (C=O) groups excluding carboxylic acids is 3. The highest BCUT2D eigenvalue weighted by molar-refractivity contribution is 7.18. The Morgan fingerprint density at radius 2 is 1.77 bits per heavy atom. The third-order valence-corrected chi connectivity index (χ3v) is 6.14. The molecule has 1 fully saturated rings. The summed E-state index contributed by atoms with van der Waals surface area (Å²) in [4.78, 5) is 50.3. The monoisotopic (exact) mass is 431 g/mol. The molecule has 1 aromatic carbocycles. The Bertz CT molecular complexity index is 993. The van der Waals surface area contributed by atoms with Gasteiger partial charge in [-0.3, -0.25) is 19.7 Å². The second kappa shape index (κ2) is 9.04. The van der Waals surface area contributed by atoms with Gasteiger partial charge in [0.15, 0.2) is 0 Å². The van der Waals surface area contributed by atoms with Crippen LogP contribution in [0.25, 0.3) is 0 Å². The van der Waals surface area contributed by atoms with Gasteiger partial charge in [0.2, 0.25) is 0 Å². The zero-order chi connectivity index (χ0) is 21.8. The van der Waals surface area contributed by atoms with Crippen molar-refractivity contribution in [2.75, 3.05) is 25.5 Å². The Hall–Kier alpha value is -3.27. The molecule has 1 aliphatic rings. The molecule has 0 radical (unpaired) electrons. The van der Waals surface area contributed by atoms with Crippen molar-refractivity contribution < 1.29 is 24.0 Å². The molecule has 0 bridgehead atoms. The summed E-state index contributed by atoms with van der Waals surface area (Å²) in [6.45, 7) is 2.98. The highest BCUT2D eigenvalue weighted by Gasteiger charge is 2.29. The molecule has 2 amide bonds. The summed E-state index contributed by atoms with van der Waals surface area (Å²) in [7, 11) is 1.23. The molecule has 1 aromatic heterocycles. The Morgan fingerprint density at radius 1 is 1.13 bits per heavy atom. The Kier molecular flexibility index (Phi) is 6.46. The molecule has 1 saturated heterocycles. The first-order valence-corrected chi connectivity index (χ1v) is 10.2. The normalized spacial score (nSPS) is 13.6. The van der Waals surface area contributed by atoms with E-state index in [-0.39, 0.29) is 27.7 Å². The first-order chi connectivity index (χ1) is 14.3. The number of non-ortho nitro benzene ring substituents is 1. The predicted octanol–water partition coefficient (Wildman–Crippen LogP) is 3.63. The summed E-state index contributed by atoms with van der Waals surface area (Å²) >= 11 is 1.03. The van der Waals surface area contributed by atoms with Gasteiger partial charge in [-0.25, -0.2) is 4.79 Å². The van der Waals surface area contributed by atoms with Gasteiger partial charge in [0.25, 0.3) is 17.5 Å². The van der Waals surface area contributed by atoms with Gasteiger partial charge in [0, 0.05) is 30.8 Å². The van der Waals surface area contributed by atoms with E-state index in [2.05, 4.69) is 5.32 Å². The van der Waals surface area contributed by atoms with E-state index >= 15 is 0 Å². The molecule has 2 heterocycles. The van der Waals surface area contributed by atoms with E-state index in [9.17, 15) is 24.5 Å². The minimum Gasteiger partial charge on any atom is -0.465 e. The van der Waals surface area contributed by atoms with E-state index in [0.29, 0.717) is 23.5 Å². The number of carbonyl (C=O) groups is 3. The van der Waals surface area contributed by atoms with Gasteiger partial charge in [-0.15, -0.1) is 11.3 Å². The Morgan fingerprint density at radius 3 is 2.33 bits per heavy atom. The fourth-order valence-electron chi connectivity index (χ4n) is 3.30. The first-order valence-electron chi connectivity index (χ1n) is 9.40. The lowest BCUT2D eigenvalue weighted by Gasteiger charge is -2.26. The molecule has 0 spiro atoms. The lowest BCUT2D eigenvalue weighted by Crippen LogP contribution is -2.35. The summed E-state index contributed by atoms with van der Waals surface area (Å²) in [5.41, 5.74) is 0.647. The van der Waals surface area contributed by atoms with Gasteiger partial charge in [0.05, 0.1) is 22.5 Å². The van der Waals surface area contributed by atoms with Crippen LogP contribution in [-0.2, 0) is 4.74 Å². The number of anilines is 1. The van der Waals surface area contributed by atoms with Crippen molar-refractivity contribution in [3.8, 4) is 0 Å². The molecule has 158 valence electrons. The highest BCUT2D eigenvalue weighted by Crippen LogP contribution is 2.35. The second-order valence-corrected chi connectivity index (χ2v) is 7.88. The van der Waals surface area contributed by atoms with Crippen LogP contribution in [0.15, 0.2) is 24.3 Å². The number of thiophene rings is 1. The number of nitro groups is 1. The van der Waals surface area contributed by atoms with Crippen LogP contribution in [0.4, 0.5) is 10.7 Å². The maximum atomic E-state index is 13.0. The summed E-state index contributed by atoms with van der Waals surface area (Å²) in [5.74, 6) is -1.37. The number of amides is 2. The number of rotatable bonds is 5. The Balaban J connectivity index is 1.90. The van der Waals surface area contributed by atoms with E-state index in [0.717, 1.165) is 30.6 Å². The third kappa shape index (κ3) is 4.33. The van der Waals surface area contributed by atoms with Crippen LogP contribution in [0.5, 0.6) is 0 Å². The molecular weight excluding hydrogens is 410 g/mol. The molecule has 10 heteroatoms. The number of nitro benzene ring substituents is 1. The number of likely N-dealkylation sites (tertiary alicyclic amines) is 1. The summed E-state index contributed by atoms with van der Waals surface area (Å²) in [6, 6.07) is 5.10. The molecule has 30 heavy (non-hydrogen) atoms. The van der Waals surface area contributed by atoms with Gasteiger partial charge in [0.1, 0.15) is 5.00 Å². The van der Waals surface area contributed by atoms with Crippen molar-refractivity contribution in [2.24, 2.45) is 0 Å². The predicted molar refractivity (Wildman–Crippen MR) is 111 cm³/mol. The molecule has 1 aliphatic heterocycles. The van der Waals surface area contributed by atoms with Crippen molar-refractivity contribution in [2.45, 2.75) is 26.2 Å². The zero-order valence-electron chi connectivity index (χ0n) is 16.6. The Labute approximate surface area is 176 Å². The van der Waals surface area contributed by atoms with Crippen LogP contribution in [0.3, 0.4) is 0 Å². The van der Waals surface area contributed by atoms with Crippen LogP contribution < -0.4 is 5.32 Å². The minimum atomic E-state index is -0.652. The van der Waals surface area contributed by atoms with Gasteiger partial charge in [-0.2, -0.15) is 0 Å². The number of nitrogens with one attached hydrogen (secondary N) is 1. The van der Waals surface area contributed by atoms with Crippen molar-refractivity contribution >= 4 is 39.8 Å². The standard InChI is InChI=1S/C20H21N3O6S/c1-12-15(20(26)29-2)18(30-16(12)19(25)22-10-4-3-5-11-22)21-17(24)13-6-8-14(9-7-13)23(27)28/h6-9H,3-5,10-11H2,1-2H3,(H,21,24). The molecule has 0 aliphatic carbocycles. The maximum Gasteiger partial charge on any atom is 0.341 e. The second-order valence-electron chi connectivity index (χ2n) is 6.86. The SMILES string of the molecule is COC(=O)c1c(NC(=O)c2ccc([N+](=O)[O-])cc2)sc(C(=O)N2CCCCC2)c1C. The fourth-order valence-corrected chi connectivity index (χ4v) is 4.46. The molecule has 3 rings (SSSR count). The smallest absolute Gasteiger partial charge is 0.341 e. The van der Waals surface area contributed by atoms with Crippen LogP contribution >= 0.6 is 11.3 Å². The molecule has 0 saturated carbocycles. The number of ether oxygens (including phenoxy) is 1. The van der Waals surface area contributed by atoms with Gasteiger partial charge in [-0.05, 0) is 43.9 Å². The van der Waals surface area contributed by atoms with E-state index in [4.69, 9.17) is 4.74 Å². The van der Waals surface area contributed by atoms with Crippen LogP contribution in [0, 0.1) is 17.0 Å². The van der Waals surface area contributed by atoms with Gasteiger partial charge >= 0.3 is 5.97 Å². The number of piperidine rings is 1. The lowest BCUT2D eigenvalue weighted by molar-refractivity contribution is -0.384. The minimum absolute atomic E-state index is 0.136. The first kappa shape index (κ1) is 21.4. The lowest BCUT2D eigenvalue weighted by atomic mass is 10.1. The van der Waals surface area contributed by atoms with Gasteiger partial charge in [-0.1, -0.05) is 0 Å². The van der Waals surface area contributed by atoms with Crippen LogP contribution in [0.1, 0.15) is 55.2 Å². The van der Waals surface area contributed by atoms with E-state index in [1.54, 1.807) is 11.8 Å². The average molecular weight is 431 g/mol. The molecule has 1 N–H and O–H groups in total. The van der Waals surface area contributed by atoms with Crippen molar-refractivity contribution in [3.05, 3.63) is 55.9 Å². The number of hydrogen-bond acceptors (Lipinski definition) is 7. The zero-order valence-corrected chi connectivity index (χ0v) is 17.4. The fraction of sp³-hybridized carbons (Fsp3) is 0.350. The molecule has 0 unspecified atom stereocenters. The summed E-state index contributed by atoms with van der Waals surface area (Å²) < 4.78 is 4.84.